The number of aliphatic hydroxyl groups is 1. The molecule has 0 bridgehead atoms. The molecular formula is C13H22N2O3. The minimum Gasteiger partial charge on any atom is -0.391 e. The molecule has 0 aromatic carbocycles. The third-order valence-electron chi connectivity index (χ3n) is 3.28. The predicted molar refractivity (Wildman–Crippen MR) is 68.8 cm³/mol. The summed E-state index contributed by atoms with van der Waals surface area (Å²) in [7, 11) is 0. The molecule has 1 rings (SSSR count). The number of hydrogen-bond acceptors (Lipinski definition) is 3. The quantitative estimate of drug-likeness (QED) is 0.489. The van der Waals surface area contributed by atoms with E-state index in [0.29, 0.717) is 0 Å². The number of carbonyl (C=O) groups excluding carboxylic acids is 2. The largest absolute Gasteiger partial charge is 0.391 e. The van der Waals surface area contributed by atoms with E-state index in [0.717, 1.165) is 25.7 Å². The van der Waals surface area contributed by atoms with E-state index in [2.05, 4.69) is 17.2 Å². The summed E-state index contributed by atoms with van der Waals surface area (Å²) in [4.78, 5) is 22.6. The second kappa shape index (κ2) is 7.87. The predicted octanol–water partition coefficient (Wildman–Crippen LogP) is 0.346. The zero-order chi connectivity index (χ0) is 13.4. The van der Waals surface area contributed by atoms with Gasteiger partial charge in [0, 0.05) is 13.1 Å². The first-order valence-corrected chi connectivity index (χ1v) is 6.50. The molecule has 102 valence electrons. The molecule has 0 heterocycles. The topological polar surface area (TPSA) is 78.4 Å². The second-order valence-electron chi connectivity index (χ2n) is 4.67. The highest BCUT2D eigenvalue weighted by molar-refractivity contribution is 6.35. The molecule has 0 radical (unpaired) electrons. The number of aliphatic hydroxyl groups excluding tert-OH is 1. The minimum absolute atomic E-state index is 0.144. The van der Waals surface area contributed by atoms with Crippen LogP contribution in [-0.2, 0) is 9.59 Å². The van der Waals surface area contributed by atoms with Crippen molar-refractivity contribution in [3.63, 3.8) is 0 Å². The van der Waals surface area contributed by atoms with Gasteiger partial charge < -0.3 is 15.7 Å². The number of amides is 2. The molecule has 1 aliphatic rings. The first-order chi connectivity index (χ1) is 8.65. The molecule has 0 saturated heterocycles. The van der Waals surface area contributed by atoms with Crippen LogP contribution in [0, 0.1) is 5.92 Å². The summed E-state index contributed by atoms with van der Waals surface area (Å²) in [6.45, 7) is 3.85. The molecule has 0 aliphatic heterocycles. The summed E-state index contributed by atoms with van der Waals surface area (Å²) in [5.74, 6) is -1.15. The van der Waals surface area contributed by atoms with Gasteiger partial charge in [-0.25, -0.2) is 0 Å². The van der Waals surface area contributed by atoms with Crippen LogP contribution in [0.1, 0.15) is 32.1 Å². The van der Waals surface area contributed by atoms with Crippen molar-refractivity contribution >= 4 is 11.8 Å². The molecule has 1 saturated carbocycles. The van der Waals surface area contributed by atoms with Gasteiger partial charge >= 0.3 is 11.8 Å². The van der Waals surface area contributed by atoms with Gasteiger partial charge in [-0.05, 0) is 18.8 Å². The highest BCUT2D eigenvalue weighted by Crippen LogP contribution is 2.26. The monoisotopic (exact) mass is 254 g/mol. The first kappa shape index (κ1) is 14.7. The van der Waals surface area contributed by atoms with Crippen molar-refractivity contribution in [3.8, 4) is 0 Å². The molecule has 5 heteroatoms. The lowest BCUT2D eigenvalue weighted by molar-refractivity contribution is -0.139. The Kier molecular flexibility index (Phi) is 6.43. The zero-order valence-corrected chi connectivity index (χ0v) is 10.7. The maximum atomic E-state index is 11.4. The molecule has 5 nitrogen and oxygen atoms in total. The number of carbonyl (C=O) groups is 2. The summed E-state index contributed by atoms with van der Waals surface area (Å²) in [5, 5.41) is 14.8. The molecule has 2 amide bonds. The normalized spacial score (nSPS) is 17.8. The maximum Gasteiger partial charge on any atom is 0.309 e. The first-order valence-electron chi connectivity index (χ1n) is 6.50. The van der Waals surface area contributed by atoms with Crippen molar-refractivity contribution < 1.29 is 14.7 Å². The Hall–Kier alpha value is -1.36. The standard InChI is InChI=1S/C13H22N2O3/c1-2-8-14-12(17)13(18)15-9-11(16)10-6-4-3-5-7-10/h2,10-11,16H,1,3-9H2,(H,14,17)(H,15,18). The van der Waals surface area contributed by atoms with Gasteiger partial charge in [-0.2, -0.15) is 0 Å². The van der Waals surface area contributed by atoms with Gasteiger partial charge in [-0.1, -0.05) is 25.3 Å². The highest BCUT2D eigenvalue weighted by Gasteiger charge is 2.22. The summed E-state index contributed by atoms with van der Waals surface area (Å²) < 4.78 is 0. The smallest absolute Gasteiger partial charge is 0.309 e. The fourth-order valence-electron chi connectivity index (χ4n) is 2.21. The van der Waals surface area contributed by atoms with E-state index in [-0.39, 0.29) is 19.0 Å². The van der Waals surface area contributed by atoms with Crippen LogP contribution in [0.2, 0.25) is 0 Å². The van der Waals surface area contributed by atoms with Gasteiger partial charge in [0.2, 0.25) is 0 Å². The molecular weight excluding hydrogens is 232 g/mol. The van der Waals surface area contributed by atoms with Crippen LogP contribution in [0.15, 0.2) is 12.7 Å². The van der Waals surface area contributed by atoms with Crippen molar-refractivity contribution in [2.75, 3.05) is 13.1 Å². The Morgan fingerprint density at radius 3 is 2.44 bits per heavy atom. The van der Waals surface area contributed by atoms with Gasteiger partial charge in [0.25, 0.3) is 0 Å². The third-order valence-corrected chi connectivity index (χ3v) is 3.28. The molecule has 1 unspecified atom stereocenters. The molecule has 1 fully saturated rings. The number of nitrogens with one attached hydrogen (secondary N) is 2. The average Bonchev–Trinajstić information content (AvgIpc) is 2.42. The lowest BCUT2D eigenvalue weighted by atomic mass is 9.85. The zero-order valence-electron chi connectivity index (χ0n) is 10.7. The van der Waals surface area contributed by atoms with Gasteiger partial charge in [0.15, 0.2) is 0 Å². The number of rotatable bonds is 5. The van der Waals surface area contributed by atoms with Crippen molar-refractivity contribution in [3.05, 3.63) is 12.7 Å². The summed E-state index contributed by atoms with van der Waals surface area (Å²) >= 11 is 0. The van der Waals surface area contributed by atoms with Crippen LogP contribution in [0.4, 0.5) is 0 Å². The van der Waals surface area contributed by atoms with Crippen molar-refractivity contribution in [1.29, 1.82) is 0 Å². The summed E-state index contributed by atoms with van der Waals surface area (Å²) in [6.07, 6.45) is 6.44. The van der Waals surface area contributed by atoms with Crippen LogP contribution >= 0.6 is 0 Å². The molecule has 1 aliphatic carbocycles. The molecule has 18 heavy (non-hydrogen) atoms. The van der Waals surface area contributed by atoms with Crippen LogP contribution in [-0.4, -0.2) is 36.1 Å². The minimum atomic E-state index is -0.702. The van der Waals surface area contributed by atoms with Gasteiger partial charge in [-0.3, -0.25) is 9.59 Å². The molecule has 3 N–H and O–H groups in total. The Morgan fingerprint density at radius 1 is 1.22 bits per heavy atom. The van der Waals surface area contributed by atoms with E-state index < -0.39 is 17.9 Å². The maximum absolute atomic E-state index is 11.4. The van der Waals surface area contributed by atoms with Crippen LogP contribution in [0.5, 0.6) is 0 Å². The fourth-order valence-corrected chi connectivity index (χ4v) is 2.21. The van der Waals surface area contributed by atoms with E-state index in [9.17, 15) is 14.7 Å². The SMILES string of the molecule is C=CCNC(=O)C(=O)NCC(O)C1CCCCC1. The lowest BCUT2D eigenvalue weighted by Gasteiger charge is -2.26. The van der Waals surface area contributed by atoms with Crippen molar-refractivity contribution in [1.82, 2.24) is 10.6 Å². The molecule has 0 aromatic heterocycles. The Balaban J connectivity index is 2.24. The summed E-state index contributed by atoms with van der Waals surface area (Å²) in [6, 6.07) is 0. The van der Waals surface area contributed by atoms with E-state index in [1.807, 2.05) is 0 Å². The van der Waals surface area contributed by atoms with Crippen LogP contribution < -0.4 is 10.6 Å². The highest BCUT2D eigenvalue weighted by atomic mass is 16.3. The third kappa shape index (κ3) is 4.87. The second-order valence-corrected chi connectivity index (χ2v) is 4.67. The van der Waals surface area contributed by atoms with Crippen LogP contribution in [0.25, 0.3) is 0 Å². The van der Waals surface area contributed by atoms with E-state index in [1.54, 1.807) is 0 Å². The van der Waals surface area contributed by atoms with E-state index >= 15 is 0 Å². The fraction of sp³-hybridized carbons (Fsp3) is 0.692. The van der Waals surface area contributed by atoms with Crippen LogP contribution in [0.3, 0.4) is 0 Å². The molecule has 0 spiro atoms. The number of hydrogen-bond donors (Lipinski definition) is 3. The Bertz CT molecular complexity index is 299. The summed E-state index contributed by atoms with van der Waals surface area (Å²) in [5.41, 5.74) is 0. The van der Waals surface area contributed by atoms with E-state index in [4.69, 9.17) is 0 Å². The molecule has 1 atom stereocenters. The van der Waals surface area contributed by atoms with Gasteiger partial charge in [0.05, 0.1) is 6.10 Å². The Morgan fingerprint density at radius 2 is 1.83 bits per heavy atom. The molecule has 0 aromatic rings. The van der Waals surface area contributed by atoms with Crippen molar-refractivity contribution in [2.24, 2.45) is 5.92 Å². The Labute approximate surface area is 108 Å². The van der Waals surface area contributed by atoms with Gasteiger partial charge in [0.1, 0.15) is 0 Å². The average molecular weight is 254 g/mol. The van der Waals surface area contributed by atoms with E-state index in [1.165, 1.54) is 12.5 Å². The van der Waals surface area contributed by atoms with Gasteiger partial charge in [-0.15, -0.1) is 6.58 Å². The van der Waals surface area contributed by atoms with Crippen molar-refractivity contribution in [2.45, 2.75) is 38.2 Å². The lowest BCUT2D eigenvalue weighted by Crippen LogP contribution is -2.44.